The Kier molecular flexibility index (Phi) is 13.7. The van der Waals surface area contributed by atoms with Gasteiger partial charge in [-0.25, -0.2) is 9.55 Å². The Morgan fingerprint density at radius 2 is 1.23 bits per heavy atom. The highest BCUT2D eigenvalue weighted by molar-refractivity contribution is 4.87. The van der Waals surface area contributed by atoms with E-state index < -0.39 is 0 Å². The second-order valence-electron chi connectivity index (χ2n) is 8.47. The van der Waals surface area contributed by atoms with Gasteiger partial charge >= 0.3 is 0 Å². The van der Waals surface area contributed by atoms with Gasteiger partial charge < -0.3 is 0 Å². The lowest BCUT2D eigenvalue weighted by Gasteiger charge is -2.14. The zero-order chi connectivity index (χ0) is 19.0. The molecule has 1 aromatic rings. The van der Waals surface area contributed by atoms with Crippen molar-refractivity contribution >= 4 is 0 Å². The van der Waals surface area contributed by atoms with E-state index in [1.54, 1.807) is 0 Å². The van der Waals surface area contributed by atoms with Gasteiger partial charge in [0.2, 0.25) is 0 Å². The van der Waals surface area contributed by atoms with Crippen LogP contribution < -0.4 is 4.57 Å². The summed E-state index contributed by atoms with van der Waals surface area (Å²) in [5.41, 5.74) is 0. The van der Waals surface area contributed by atoms with Crippen molar-refractivity contribution in [1.82, 2.24) is 4.98 Å². The number of imidazole rings is 1. The van der Waals surface area contributed by atoms with Gasteiger partial charge in [0.05, 0.1) is 12.0 Å². The number of hydrogen-bond donors (Lipinski definition) is 1. The number of unbranched alkanes of at least 4 members (excludes halogenated alkanes) is 11. The molecular formula is C24H47N2+. The number of hydrogen-bond acceptors (Lipinski definition) is 0. The highest BCUT2D eigenvalue weighted by Gasteiger charge is 2.21. The fourth-order valence-corrected chi connectivity index (χ4v) is 4.04. The number of aromatic amines is 1. The first kappa shape index (κ1) is 23.2. The van der Waals surface area contributed by atoms with Crippen LogP contribution in [0.2, 0.25) is 0 Å². The summed E-state index contributed by atoms with van der Waals surface area (Å²) >= 11 is 0. The molecule has 152 valence electrons. The van der Waals surface area contributed by atoms with Gasteiger partial charge in [-0.15, -0.1) is 0 Å². The van der Waals surface area contributed by atoms with Crippen LogP contribution in [0.4, 0.5) is 0 Å². The molecule has 1 N–H and O–H groups in total. The van der Waals surface area contributed by atoms with E-state index in [1.165, 1.54) is 102 Å². The molecule has 0 aliphatic carbocycles. The molecule has 0 fully saturated rings. The maximum absolute atomic E-state index is 3.54. The van der Waals surface area contributed by atoms with E-state index in [0.29, 0.717) is 12.0 Å². The average molecular weight is 364 g/mol. The first-order valence-electron chi connectivity index (χ1n) is 11.8. The summed E-state index contributed by atoms with van der Waals surface area (Å²) in [5, 5.41) is 0. The molecule has 1 aromatic heterocycles. The van der Waals surface area contributed by atoms with Crippen LogP contribution in [0.25, 0.3) is 0 Å². The molecule has 1 rings (SSSR count). The largest absolute Gasteiger partial charge is 0.257 e. The average Bonchev–Trinajstić information content (AvgIpc) is 3.13. The van der Waals surface area contributed by atoms with Crippen LogP contribution in [0.5, 0.6) is 0 Å². The first-order valence-corrected chi connectivity index (χ1v) is 11.8. The van der Waals surface area contributed by atoms with Crippen LogP contribution >= 0.6 is 0 Å². The molecule has 0 aliphatic heterocycles. The van der Waals surface area contributed by atoms with Crippen molar-refractivity contribution in [2.24, 2.45) is 0 Å². The minimum Gasteiger partial charge on any atom is -0.247 e. The summed E-state index contributed by atoms with van der Waals surface area (Å²) < 4.78 is 2.51. The maximum atomic E-state index is 3.54. The zero-order valence-corrected chi connectivity index (χ0v) is 18.4. The standard InChI is InChI=1S/C24H46N2/c1-5-7-9-11-12-13-15-16-18-22(3)24-25-20-21-26(24)23(4)19-17-14-10-8-6-2/h20-23H,5-19H2,1-4H3/p+1. The highest BCUT2D eigenvalue weighted by Crippen LogP contribution is 2.21. The smallest absolute Gasteiger partial charge is 0.247 e. The first-order chi connectivity index (χ1) is 12.7. The number of rotatable bonds is 17. The van der Waals surface area contributed by atoms with Crippen molar-refractivity contribution in [2.45, 2.75) is 136 Å². The molecule has 0 spiro atoms. The van der Waals surface area contributed by atoms with Crippen LogP contribution in [-0.2, 0) is 0 Å². The summed E-state index contributed by atoms with van der Waals surface area (Å²) in [6.07, 6.45) is 25.2. The predicted octanol–water partition coefficient (Wildman–Crippen LogP) is 7.86. The van der Waals surface area contributed by atoms with Gasteiger partial charge in [0, 0.05) is 0 Å². The lowest BCUT2D eigenvalue weighted by molar-refractivity contribution is -0.727. The Hall–Kier alpha value is -0.790. The van der Waals surface area contributed by atoms with E-state index in [1.807, 2.05) is 0 Å². The van der Waals surface area contributed by atoms with Crippen molar-refractivity contribution < 1.29 is 4.57 Å². The molecular weight excluding hydrogens is 316 g/mol. The Morgan fingerprint density at radius 3 is 1.81 bits per heavy atom. The Bertz CT molecular complexity index is 424. The van der Waals surface area contributed by atoms with Gasteiger partial charge in [0.25, 0.3) is 5.82 Å². The summed E-state index contributed by atoms with van der Waals surface area (Å²) in [6.45, 7) is 9.37. The molecule has 1 heterocycles. The van der Waals surface area contributed by atoms with E-state index >= 15 is 0 Å². The summed E-state index contributed by atoms with van der Waals surface area (Å²) in [6, 6.07) is 0.624. The van der Waals surface area contributed by atoms with Crippen LogP contribution in [-0.4, -0.2) is 4.98 Å². The van der Waals surface area contributed by atoms with E-state index in [-0.39, 0.29) is 0 Å². The van der Waals surface area contributed by atoms with Crippen molar-refractivity contribution in [3.63, 3.8) is 0 Å². The van der Waals surface area contributed by atoms with E-state index in [4.69, 9.17) is 0 Å². The van der Waals surface area contributed by atoms with Crippen LogP contribution in [0.1, 0.15) is 142 Å². The molecule has 0 saturated heterocycles. The summed E-state index contributed by atoms with van der Waals surface area (Å²) in [7, 11) is 0. The molecule has 0 saturated carbocycles. The van der Waals surface area contributed by atoms with Gasteiger partial charge in [-0.1, -0.05) is 97.8 Å². The molecule has 0 radical (unpaired) electrons. The molecule has 2 heteroatoms. The lowest BCUT2D eigenvalue weighted by Crippen LogP contribution is -2.40. The fraction of sp³-hybridized carbons (Fsp3) is 0.875. The molecule has 0 amide bonds. The number of aromatic nitrogens is 2. The molecule has 0 aromatic carbocycles. The third-order valence-corrected chi connectivity index (χ3v) is 5.90. The SMILES string of the molecule is CCCCCCCCCCC(C)c1[nH]cc[n+]1C(C)CCCCCCC. The van der Waals surface area contributed by atoms with Crippen molar-refractivity contribution in [2.75, 3.05) is 0 Å². The predicted molar refractivity (Wildman–Crippen MR) is 115 cm³/mol. The maximum Gasteiger partial charge on any atom is 0.257 e. The van der Waals surface area contributed by atoms with Crippen molar-refractivity contribution in [3.8, 4) is 0 Å². The molecule has 2 atom stereocenters. The van der Waals surface area contributed by atoms with E-state index in [2.05, 4.69) is 49.6 Å². The third-order valence-electron chi connectivity index (χ3n) is 5.90. The van der Waals surface area contributed by atoms with Gasteiger partial charge in [-0.05, 0) is 26.2 Å². The van der Waals surface area contributed by atoms with Crippen LogP contribution in [0, 0.1) is 0 Å². The summed E-state index contributed by atoms with van der Waals surface area (Å²) in [4.78, 5) is 3.54. The quantitative estimate of drug-likeness (QED) is 0.215. The van der Waals surface area contributed by atoms with E-state index in [0.717, 1.165) is 0 Å². The van der Waals surface area contributed by atoms with Crippen LogP contribution in [0.15, 0.2) is 12.4 Å². The molecule has 2 unspecified atom stereocenters. The van der Waals surface area contributed by atoms with Crippen molar-refractivity contribution in [1.29, 1.82) is 0 Å². The second kappa shape index (κ2) is 15.3. The second-order valence-corrected chi connectivity index (χ2v) is 8.47. The Balaban J connectivity index is 2.23. The molecule has 26 heavy (non-hydrogen) atoms. The Morgan fingerprint density at radius 1 is 0.731 bits per heavy atom. The third kappa shape index (κ3) is 9.78. The number of nitrogens with zero attached hydrogens (tertiary/aromatic N) is 1. The fourth-order valence-electron chi connectivity index (χ4n) is 4.04. The van der Waals surface area contributed by atoms with Gasteiger partial charge in [0.1, 0.15) is 12.4 Å². The zero-order valence-electron chi connectivity index (χ0n) is 18.4. The van der Waals surface area contributed by atoms with Gasteiger partial charge in [-0.2, -0.15) is 0 Å². The minimum atomic E-state index is 0.624. The van der Waals surface area contributed by atoms with E-state index in [9.17, 15) is 0 Å². The number of H-pyrrole nitrogens is 1. The molecule has 0 bridgehead atoms. The topological polar surface area (TPSA) is 19.7 Å². The number of nitrogens with one attached hydrogen (secondary N) is 1. The lowest BCUT2D eigenvalue weighted by atomic mass is 10.00. The summed E-state index contributed by atoms with van der Waals surface area (Å²) in [5.74, 6) is 2.08. The highest BCUT2D eigenvalue weighted by atomic mass is 15.1. The normalized spacial score (nSPS) is 13.8. The van der Waals surface area contributed by atoms with Gasteiger partial charge in [-0.3, -0.25) is 0 Å². The van der Waals surface area contributed by atoms with Crippen molar-refractivity contribution in [3.05, 3.63) is 18.2 Å². The Labute approximate surface area is 164 Å². The van der Waals surface area contributed by atoms with Crippen LogP contribution in [0.3, 0.4) is 0 Å². The minimum absolute atomic E-state index is 0.624. The molecule has 2 nitrogen and oxygen atoms in total. The molecule has 0 aliphatic rings. The monoisotopic (exact) mass is 363 g/mol. The van der Waals surface area contributed by atoms with Gasteiger partial charge in [0.15, 0.2) is 0 Å².